The van der Waals surface area contributed by atoms with Crippen molar-refractivity contribution in [3.8, 4) is 0 Å². The van der Waals surface area contributed by atoms with Crippen LogP contribution in [-0.4, -0.2) is 0 Å². The van der Waals surface area contributed by atoms with Crippen LogP contribution in [0.1, 0.15) is 0 Å². The van der Waals surface area contributed by atoms with E-state index in [2.05, 4.69) is 13.2 Å². The van der Waals surface area contributed by atoms with Crippen LogP contribution in [0.25, 0.3) is 0 Å². The molecule has 0 saturated carbocycles. The summed E-state index contributed by atoms with van der Waals surface area (Å²) in [5.74, 6) is 0. The van der Waals surface area contributed by atoms with E-state index in [1.54, 1.807) is 12.2 Å². The van der Waals surface area contributed by atoms with Crippen molar-refractivity contribution in [3.63, 3.8) is 0 Å². The van der Waals surface area contributed by atoms with Crippen LogP contribution in [0, 0.1) is 0 Å². The van der Waals surface area contributed by atoms with Gasteiger partial charge in [-0.25, -0.2) is 0 Å². The molecule has 0 aromatic heterocycles. The molecule has 0 unspecified atom stereocenters. The summed E-state index contributed by atoms with van der Waals surface area (Å²) in [6.45, 7) is 6.96. The third kappa shape index (κ3) is 2.24. The van der Waals surface area contributed by atoms with E-state index in [1.807, 2.05) is 0 Å². The van der Waals surface area contributed by atoms with Gasteiger partial charge in [0.2, 0.25) is 0 Å². The van der Waals surface area contributed by atoms with E-state index in [0.717, 1.165) is 5.57 Å². The average Bonchev–Trinajstić information content (AvgIpc) is 1.72. The minimum absolute atomic E-state index is 0.849. The van der Waals surface area contributed by atoms with E-state index in [-0.39, 0.29) is 0 Å². The predicted octanol–water partition coefficient (Wildman–Crippen LogP) is 2.48. The second kappa shape index (κ2) is 3.69. The van der Waals surface area contributed by atoms with E-state index in [1.165, 1.54) is 5.54 Å². The van der Waals surface area contributed by atoms with E-state index in [0.29, 0.717) is 0 Å². The van der Waals surface area contributed by atoms with Crippen molar-refractivity contribution < 1.29 is 0 Å². The van der Waals surface area contributed by atoms with Gasteiger partial charge in [-0.05, 0) is 5.57 Å². The molecule has 0 atom stereocenters. The third-order valence-electron chi connectivity index (χ3n) is 0.597. The molecule has 0 aliphatic rings. The summed E-state index contributed by atoms with van der Waals surface area (Å²) in [4.78, 5) is 0. The highest BCUT2D eigenvalue weighted by Gasteiger charge is 1.73. The van der Waals surface area contributed by atoms with Crippen LogP contribution in [0.2, 0.25) is 0 Å². The van der Waals surface area contributed by atoms with Crippen molar-refractivity contribution in [1.29, 1.82) is 0 Å². The van der Waals surface area contributed by atoms with Gasteiger partial charge in [-0.1, -0.05) is 36.9 Å². The van der Waals surface area contributed by atoms with Crippen LogP contribution in [0.3, 0.4) is 0 Å². The summed E-state index contributed by atoms with van der Waals surface area (Å²) in [7, 11) is 0. The fraction of sp³-hybridized carbons (Fsp3) is 0. The zero-order valence-electron chi connectivity index (χ0n) is 4.02. The van der Waals surface area contributed by atoms with Crippen molar-refractivity contribution in [2.24, 2.45) is 0 Å². The maximum atomic E-state index is 5.26. The SMILES string of the molecule is C=CC(C=C)=CCl. The van der Waals surface area contributed by atoms with Crippen molar-refractivity contribution in [3.05, 3.63) is 36.4 Å². The molecule has 0 N–H and O–H groups in total. The molecule has 0 fully saturated rings. The maximum Gasteiger partial charge on any atom is 0.0115 e. The number of hydrogen-bond acceptors (Lipinski definition) is 0. The molecule has 0 amide bonds. The van der Waals surface area contributed by atoms with Gasteiger partial charge in [0, 0.05) is 5.54 Å². The Morgan fingerprint density at radius 2 is 1.71 bits per heavy atom. The van der Waals surface area contributed by atoms with Crippen LogP contribution in [0.5, 0.6) is 0 Å². The average molecular weight is 115 g/mol. The van der Waals surface area contributed by atoms with Gasteiger partial charge in [0.15, 0.2) is 0 Å². The molecule has 0 rings (SSSR count). The third-order valence-corrected chi connectivity index (χ3v) is 0.849. The highest BCUT2D eigenvalue weighted by atomic mass is 35.5. The minimum Gasteiger partial charge on any atom is -0.0984 e. The zero-order chi connectivity index (χ0) is 5.70. The van der Waals surface area contributed by atoms with Gasteiger partial charge in [-0.15, -0.1) is 0 Å². The number of hydrogen-bond donors (Lipinski definition) is 0. The molecule has 0 radical (unpaired) electrons. The molecule has 0 nitrogen and oxygen atoms in total. The number of allylic oxidation sites excluding steroid dienone is 3. The van der Waals surface area contributed by atoms with Crippen molar-refractivity contribution in [2.45, 2.75) is 0 Å². The first-order valence-electron chi connectivity index (χ1n) is 1.90. The smallest absolute Gasteiger partial charge is 0.0115 e. The van der Waals surface area contributed by atoms with Gasteiger partial charge in [-0.3, -0.25) is 0 Å². The molecule has 7 heavy (non-hydrogen) atoms. The van der Waals surface area contributed by atoms with E-state index in [4.69, 9.17) is 11.6 Å². The molecule has 1 heteroatoms. The molecule has 0 aromatic carbocycles. The molecule has 0 aliphatic heterocycles. The summed E-state index contributed by atoms with van der Waals surface area (Å²) < 4.78 is 0. The molecular formula is C6H7Cl. The summed E-state index contributed by atoms with van der Waals surface area (Å²) in [6.07, 6.45) is 3.28. The largest absolute Gasteiger partial charge is 0.0984 e. The molecule has 0 spiro atoms. The molecule has 0 aromatic rings. The highest BCUT2D eigenvalue weighted by molar-refractivity contribution is 6.26. The Labute approximate surface area is 48.8 Å². The zero-order valence-corrected chi connectivity index (χ0v) is 4.78. The highest BCUT2D eigenvalue weighted by Crippen LogP contribution is 1.96. The Morgan fingerprint density at radius 1 is 1.29 bits per heavy atom. The first kappa shape index (κ1) is 6.51. The van der Waals surface area contributed by atoms with Gasteiger partial charge in [0.05, 0.1) is 0 Å². The lowest BCUT2D eigenvalue weighted by Crippen LogP contribution is -1.59. The fourth-order valence-corrected chi connectivity index (χ4v) is 0.351. The van der Waals surface area contributed by atoms with Crippen LogP contribution in [0.4, 0.5) is 0 Å². The van der Waals surface area contributed by atoms with E-state index >= 15 is 0 Å². The van der Waals surface area contributed by atoms with Crippen LogP contribution < -0.4 is 0 Å². The van der Waals surface area contributed by atoms with Crippen LogP contribution >= 0.6 is 11.6 Å². The monoisotopic (exact) mass is 114 g/mol. The lowest BCUT2D eigenvalue weighted by Gasteiger charge is -1.80. The van der Waals surface area contributed by atoms with Gasteiger partial charge in [-0.2, -0.15) is 0 Å². The molecule has 0 heterocycles. The van der Waals surface area contributed by atoms with Gasteiger partial charge in [0.1, 0.15) is 0 Å². The first-order chi connectivity index (χ1) is 3.35. The lowest BCUT2D eigenvalue weighted by atomic mass is 10.3. The van der Waals surface area contributed by atoms with Crippen molar-refractivity contribution in [1.82, 2.24) is 0 Å². The fourth-order valence-electron chi connectivity index (χ4n) is 0.172. The summed E-state index contributed by atoms with van der Waals surface area (Å²) >= 11 is 5.26. The van der Waals surface area contributed by atoms with Gasteiger partial charge in [0.25, 0.3) is 0 Å². The molecule has 0 aliphatic carbocycles. The number of halogens is 1. The van der Waals surface area contributed by atoms with Gasteiger partial charge < -0.3 is 0 Å². The van der Waals surface area contributed by atoms with Crippen molar-refractivity contribution >= 4 is 11.6 Å². The number of rotatable bonds is 2. The molecule has 0 saturated heterocycles. The maximum absolute atomic E-state index is 5.26. The Balaban J connectivity index is 3.85. The molecular weight excluding hydrogens is 108 g/mol. The lowest BCUT2D eigenvalue weighted by molar-refractivity contribution is 1.79. The predicted molar refractivity (Wildman–Crippen MR) is 34.3 cm³/mol. The van der Waals surface area contributed by atoms with E-state index in [9.17, 15) is 0 Å². The van der Waals surface area contributed by atoms with Crippen LogP contribution in [0.15, 0.2) is 36.4 Å². The summed E-state index contributed by atoms with van der Waals surface area (Å²) in [5, 5.41) is 0. The van der Waals surface area contributed by atoms with Gasteiger partial charge >= 0.3 is 0 Å². The minimum atomic E-state index is 0.849. The molecule has 0 bridgehead atoms. The standard InChI is InChI=1S/C6H7Cl/c1-3-6(4-2)5-7/h3-5H,1-2H2. The van der Waals surface area contributed by atoms with Crippen molar-refractivity contribution in [2.75, 3.05) is 0 Å². The second-order valence-corrected chi connectivity index (χ2v) is 1.24. The Kier molecular flexibility index (Phi) is 3.43. The topological polar surface area (TPSA) is 0 Å². The molecule has 38 valence electrons. The Bertz CT molecular complexity index is 90.7. The van der Waals surface area contributed by atoms with E-state index < -0.39 is 0 Å². The summed E-state index contributed by atoms with van der Waals surface area (Å²) in [6, 6.07) is 0. The summed E-state index contributed by atoms with van der Waals surface area (Å²) in [5.41, 5.74) is 2.28. The first-order valence-corrected chi connectivity index (χ1v) is 2.34. The Morgan fingerprint density at radius 3 is 1.71 bits per heavy atom. The second-order valence-electron chi connectivity index (χ2n) is 1.02. The quantitative estimate of drug-likeness (QED) is 0.484. The van der Waals surface area contributed by atoms with Crippen LogP contribution in [-0.2, 0) is 0 Å². The normalized spacial score (nSPS) is 7.00. The Hall–Kier alpha value is -0.490.